The SMILES string of the molecule is CCC(CC)NC(=O)Nc1ccc(Oc2ccc(NC(=O)c3ccc(-n4cc(CN5CCC(O)CC5)c5ccccc54)cc3)cc2OC)cc1. The lowest BCUT2D eigenvalue weighted by atomic mass is 10.1. The van der Waals surface area contributed by atoms with Gasteiger partial charge in [0.05, 0.1) is 18.7 Å². The van der Waals surface area contributed by atoms with Gasteiger partial charge < -0.3 is 35.1 Å². The van der Waals surface area contributed by atoms with Gasteiger partial charge in [-0.2, -0.15) is 0 Å². The summed E-state index contributed by atoms with van der Waals surface area (Å²) in [4.78, 5) is 27.9. The number of anilines is 2. The van der Waals surface area contributed by atoms with Crippen LogP contribution in [0.5, 0.6) is 17.2 Å². The highest BCUT2D eigenvalue weighted by molar-refractivity contribution is 6.04. The second kappa shape index (κ2) is 15.9. The summed E-state index contributed by atoms with van der Waals surface area (Å²) in [5, 5.41) is 19.9. The Morgan fingerprint density at radius 2 is 1.56 bits per heavy atom. The molecule has 1 aliphatic rings. The molecule has 6 rings (SSSR count). The molecule has 10 nitrogen and oxygen atoms in total. The Kier molecular flexibility index (Phi) is 11.0. The first-order chi connectivity index (χ1) is 24.3. The number of likely N-dealkylation sites (tertiary alicyclic amines) is 1. The first-order valence-corrected chi connectivity index (χ1v) is 17.3. The molecule has 0 atom stereocenters. The molecule has 260 valence electrons. The summed E-state index contributed by atoms with van der Waals surface area (Å²) in [6.45, 7) is 6.69. The molecule has 4 N–H and O–H groups in total. The van der Waals surface area contributed by atoms with Gasteiger partial charge in [0, 0.05) is 66.0 Å². The number of amides is 3. The van der Waals surface area contributed by atoms with Crippen LogP contribution in [0.1, 0.15) is 55.5 Å². The van der Waals surface area contributed by atoms with Crippen molar-refractivity contribution >= 4 is 34.2 Å². The standard InChI is InChI=1S/C40H45N5O5/c1-4-29(5-2)42-40(48)43-30-12-17-34(18-13-30)50-37-19-14-31(24-38(37)49-3)41-39(47)27-10-15-32(16-11-27)45-26-28(35-8-6-7-9-36(35)45)25-44-22-20-33(46)21-23-44/h6-19,24,26,29,33,46H,4-5,20-23,25H2,1-3H3,(H,41,47)(H2,42,43,48). The number of piperidine rings is 1. The molecule has 2 heterocycles. The average molecular weight is 676 g/mol. The topological polar surface area (TPSA) is 117 Å². The van der Waals surface area contributed by atoms with Crippen LogP contribution in [-0.2, 0) is 6.54 Å². The summed E-state index contributed by atoms with van der Waals surface area (Å²) in [7, 11) is 1.55. The fourth-order valence-electron chi connectivity index (χ4n) is 6.29. The van der Waals surface area contributed by atoms with Crippen molar-refractivity contribution in [1.29, 1.82) is 0 Å². The van der Waals surface area contributed by atoms with Crippen LogP contribution in [0.3, 0.4) is 0 Å². The minimum Gasteiger partial charge on any atom is -0.493 e. The largest absolute Gasteiger partial charge is 0.493 e. The molecule has 0 saturated carbocycles. The van der Waals surface area contributed by atoms with Crippen LogP contribution < -0.4 is 25.4 Å². The molecule has 1 saturated heterocycles. The molecule has 5 aromatic rings. The first kappa shape index (κ1) is 34.5. The van der Waals surface area contributed by atoms with Gasteiger partial charge in [-0.25, -0.2) is 4.79 Å². The van der Waals surface area contributed by atoms with Gasteiger partial charge in [-0.1, -0.05) is 32.0 Å². The van der Waals surface area contributed by atoms with Gasteiger partial charge in [0.2, 0.25) is 0 Å². The van der Waals surface area contributed by atoms with E-state index in [2.05, 4.69) is 49.8 Å². The van der Waals surface area contributed by atoms with Gasteiger partial charge >= 0.3 is 6.03 Å². The van der Waals surface area contributed by atoms with Crippen LogP contribution in [-0.4, -0.2) is 58.9 Å². The summed E-state index contributed by atoms with van der Waals surface area (Å²) in [5.41, 5.74) is 5.07. The number of aliphatic hydroxyl groups is 1. The second-order valence-electron chi connectivity index (χ2n) is 12.7. The van der Waals surface area contributed by atoms with Gasteiger partial charge in [-0.15, -0.1) is 0 Å². The highest BCUT2D eigenvalue weighted by Gasteiger charge is 2.19. The number of nitrogens with one attached hydrogen (secondary N) is 3. The van der Waals surface area contributed by atoms with Crippen molar-refractivity contribution in [1.82, 2.24) is 14.8 Å². The van der Waals surface area contributed by atoms with Gasteiger partial charge in [-0.3, -0.25) is 9.69 Å². The number of methoxy groups -OCH3 is 1. The second-order valence-corrected chi connectivity index (χ2v) is 12.7. The van der Waals surface area contributed by atoms with Crippen LogP contribution in [0.2, 0.25) is 0 Å². The number of para-hydroxylation sites is 1. The molecule has 1 fully saturated rings. The molecular formula is C40H45N5O5. The normalized spacial score (nSPS) is 13.7. The maximum Gasteiger partial charge on any atom is 0.319 e. The van der Waals surface area contributed by atoms with Crippen molar-refractivity contribution in [2.75, 3.05) is 30.8 Å². The molecule has 3 amide bonds. The molecule has 0 spiro atoms. The number of aromatic nitrogens is 1. The molecule has 10 heteroatoms. The van der Waals surface area contributed by atoms with E-state index in [9.17, 15) is 14.7 Å². The zero-order valence-electron chi connectivity index (χ0n) is 28.8. The lowest BCUT2D eigenvalue weighted by Crippen LogP contribution is -2.37. The van der Waals surface area contributed by atoms with Gasteiger partial charge in [0.25, 0.3) is 5.91 Å². The third kappa shape index (κ3) is 8.27. The summed E-state index contributed by atoms with van der Waals surface area (Å²) in [5.74, 6) is 1.27. The molecule has 0 radical (unpaired) electrons. The van der Waals surface area contributed by atoms with Gasteiger partial charge in [0.1, 0.15) is 5.75 Å². The van der Waals surface area contributed by atoms with Crippen molar-refractivity contribution in [3.63, 3.8) is 0 Å². The Morgan fingerprint density at radius 1 is 0.860 bits per heavy atom. The van der Waals surface area contributed by atoms with Crippen molar-refractivity contribution in [2.24, 2.45) is 0 Å². The van der Waals surface area contributed by atoms with E-state index in [1.165, 1.54) is 10.9 Å². The molecule has 1 aromatic heterocycles. The molecular weight excluding hydrogens is 630 g/mol. The van der Waals surface area contributed by atoms with E-state index < -0.39 is 0 Å². The Labute approximate surface area is 293 Å². The van der Waals surface area contributed by atoms with Crippen LogP contribution in [0.25, 0.3) is 16.6 Å². The lowest BCUT2D eigenvalue weighted by Gasteiger charge is -2.29. The number of carbonyl (C=O) groups is 2. The lowest BCUT2D eigenvalue weighted by molar-refractivity contribution is 0.0794. The number of ether oxygens (including phenoxy) is 2. The predicted molar refractivity (Wildman–Crippen MR) is 198 cm³/mol. The maximum absolute atomic E-state index is 13.3. The zero-order chi connectivity index (χ0) is 35.0. The van der Waals surface area contributed by atoms with E-state index in [1.54, 1.807) is 49.6 Å². The fraction of sp³-hybridized carbons (Fsp3) is 0.300. The third-order valence-electron chi connectivity index (χ3n) is 9.24. The number of hydrogen-bond acceptors (Lipinski definition) is 6. The average Bonchev–Trinajstić information content (AvgIpc) is 3.51. The van der Waals surface area contributed by atoms with E-state index in [4.69, 9.17) is 9.47 Å². The minimum atomic E-state index is -0.242. The summed E-state index contributed by atoms with van der Waals surface area (Å²) < 4.78 is 13.8. The Morgan fingerprint density at radius 3 is 2.26 bits per heavy atom. The van der Waals surface area contributed by atoms with Crippen LogP contribution >= 0.6 is 0 Å². The van der Waals surface area contributed by atoms with Gasteiger partial charge in [0.15, 0.2) is 11.5 Å². The summed E-state index contributed by atoms with van der Waals surface area (Å²) in [6, 6.07) is 28.1. The zero-order valence-corrected chi connectivity index (χ0v) is 28.8. The predicted octanol–water partition coefficient (Wildman–Crippen LogP) is 7.95. The number of hydrogen-bond donors (Lipinski definition) is 4. The number of aliphatic hydroxyl groups excluding tert-OH is 1. The van der Waals surface area contributed by atoms with E-state index >= 15 is 0 Å². The number of fused-ring (bicyclic) bond motifs is 1. The molecule has 1 aliphatic heterocycles. The summed E-state index contributed by atoms with van der Waals surface area (Å²) >= 11 is 0. The molecule has 0 aliphatic carbocycles. The highest BCUT2D eigenvalue weighted by atomic mass is 16.5. The smallest absolute Gasteiger partial charge is 0.319 e. The van der Waals surface area contributed by atoms with E-state index in [1.807, 2.05) is 44.2 Å². The quantitative estimate of drug-likeness (QED) is 0.107. The number of rotatable bonds is 12. The number of urea groups is 1. The van der Waals surface area contributed by atoms with E-state index in [0.717, 1.165) is 56.5 Å². The Hall–Kier alpha value is -5.32. The van der Waals surface area contributed by atoms with Crippen molar-refractivity contribution in [3.8, 4) is 22.9 Å². The van der Waals surface area contributed by atoms with Crippen molar-refractivity contribution in [3.05, 3.63) is 108 Å². The third-order valence-corrected chi connectivity index (χ3v) is 9.24. The molecule has 4 aromatic carbocycles. The molecule has 50 heavy (non-hydrogen) atoms. The Balaban J connectivity index is 1.09. The summed E-state index contributed by atoms with van der Waals surface area (Å²) in [6.07, 6.45) is 5.34. The molecule has 0 unspecified atom stereocenters. The van der Waals surface area contributed by atoms with Crippen LogP contribution in [0.15, 0.2) is 97.2 Å². The fourth-order valence-corrected chi connectivity index (χ4v) is 6.29. The molecule has 0 bridgehead atoms. The van der Waals surface area contributed by atoms with E-state index in [-0.39, 0.29) is 24.1 Å². The minimum absolute atomic E-state index is 0.135. The van der Waals surface area contributed by atoms with E-state index in [0.29, 0.717) is 34.2 Å². The maximum atomic E-state index is 13.3. The van der Waals surface area contributed by atoms with Gasteiger partial charge in [-0.05, 0) is 98.0 Å². The highest BCUT2D eigenvalue weighted by Crippen LogP contribution is 2.34. The van der Waals surface area contributed by atoms with Crippen molar-refractivity contribution < 1.29 is 24.2 Å². The number of carbonyl (C=O) groups excluding carboxylic acids is 2. The van der Waals surface area contributed by atoms with Crippen molar-refractivity contribution in [2.45, 2.75) is 58.2 Å². The first-order valence-electron chi connectivity index (χ1n) is 17.3. The monoisotopic (exact) mass is 675 g/mol. The van der Waals surface area contributed by atoms with Crippen LogP contribution in [0, 0.1) is 0 Å². The number of benzene rings is 4. The van der Waals surface area contributed by atoms with Crippen LogP contribution in [0.4, 0.5) is 16.2 Å². The number of nitrogens with zero attached hydrogens (tertiary/aromatic N) is 2. The Bertz CT molecular complexity index is 1910.